The lowest BCUT2D eigenvalue weighted by molar-refractivity contribution is -0.0897. The van der Waals surface area contributed by atoms with E-state index in [1.54, 1.807) is 13.2 Å². The highest BCUT2D eigenvalue weighted by Gasteiger charge is 2.42. The summed E-state index contributed by atoms with van der Waals surface area (Å²) in [5.74, 6) is -0.281. The zero-order chi connectivity index (χ0) is 12.5. The van der Waals surface area contributed by atoms with Gasteiger partial charge in [-0.2, -0.15) is 0 Å². The van der Waals surface area contributed by atoms with Gasteiger partial charge in [-0.05, 0) is 49.4 Å². The quantitative estimate of drug-likeness (QED) is 0.900. The largest absolute Gasteiger partial charge is 0.377 e. The Bertz CT molecular complexity index is 401. The number of hydrogen-bond acceptors (Lipinski definition) is 2. The normalized spacial score (nSPS) is 19.8. The standard InChI is InChI=1S/C13H17ClFNO/c1-17-13(5-2-6-13)12(16)8-9-7-10(15)3-4-11(9)14/h3-4,7,12H,2,5-6,8,16H2,1H3. The second-order valence-corrected chi connectivity index (χ2v) is 5.08. The molecule has 1 aromatic carbocycles. The van der Waals surface area contributed by atoms with Crippen LogP contribution in [0, 0.1) is 5.82 Å². The van der Waals surface area contributed by atoms with E-state index in [0.717, 1.165) is 24.8 Å². The van der Waals surface area contributed by atoms with E-state index in [1.807, 2.05) is 0 Å². The molecule has 0 saturated heterocycles. The average Bonchev–Trinajstić information content (AvgIpc) is 2.23. The van der Waals surface area contributed by atoms with Gasteiger partial charge < -0.3 is 10.5 Å². The lowest BCUT2D eigenvalue weighted by atomic mass is 9.73. The van der Waals surface area contributed by atoms with Crippen molar-refractivity contribution >= 4 is 11.6 Å². The molecule has 1 aliphatic carbocycles. The van der Waals surface area contributed by atoms with E-state index in [9.17, 15) is 4.39 Å². The number of hydrogen-bond donors (Lipinski definition) is 1. The molecule has 2 nitrogen and oxygen atoms in total. The summed E-state index contributed by atoms with van der Waals surface area (Å²) < 4.78 is 18.7. The summed E-state index contributed by atoms with van der Waals surface area (Å²) in [6.45, 7) is 0. The zero-order valence-electron chi connectivity index (χ0n) is 9.88. The molecule has 1 atom stereocenters. The van der Waals surface area contributed by atoms with Crippen molar-refractivity contribution in [2.45, 2.75) is 37.3 Å². The van der Waals surface area contributed by atoms with Crippen molar-refractivity contribution in [1.29, 1.82) is 0 Å². The minimum absolute atomic E-state index is 0.138. The van der Waals surface area contributed by atoms with Crippen LogP contribution in [0.5, 0.6) is 0 Å². The highest BCUT2D eigenvalue weighted by Crippen LogP contribution is 2.38. The Morgan fingerprint density at radius 2 is 2.24 bits per heavy atom. The average molecular weight is 258 g/mol. The molecule has 17 heavy (non-hydrogen) atoms. The van der Waals surface area contributed by atoms with Crippen molar-refractivity contribution in [2.24, 2.45) is 5.73 Å². The maximum atomic E-state index is 13.1. The molecule has 0 bridgehead atoms. The van der Waals surface area contributed by atoms with E-state index in [1.165, 1.54) is 12.1 Å². The zero-order valence-corrected chi connectivity index (χ0v) is 10.6. The van der Waals surface area contributed by atoms with Crippen LogP contribution in [0.4, 0.5) is 4.39 Å². The summed E-state index contributed by atoms with van der Waals surface area (Å²) in [6.07, 6.45) is 3.62. The van der Waals surface area contributed by atoms with Crippen molar-refractivity contribution in [3.05, 3.63) is 34.6 Å². The molecule has 94 valence electrons. The molecule has 1 unspecified atom stereocenters. The predicted molar refractivity (Wildman–Crippen MR) is 66.7 cm³/mol. The molecule has 0 spiro atoms. The van der Waals surface area contributed by atoms with Gasteiger partial charge in [-0.1, -0.05) is 11.6 Å². The van der Waals surface area contributed by atoms with E-state index in [0.29, 0.717) is 11.4 Å². The third-order valence-corrected chi connectivity index (χ3v) is 4.10. The molecule has 0 aromatic heterocycles. The number of rotatable bonds is 4. The van der Waals surface area contributed by atoms with Crippen LogP contribution >= 0.6 is 11.6 Å². The van der Waals surface area contributed by atoms with Crippen molar-refractivity contribution in [3.8, 4) is 0 Å². The van der Waals surface area contributed by atoms with Crippen LogP contribution in [0.15, 0.2) is 18.2 Å². The molecule has 0 radical (unpaired) electrons. The van der Waals surface area contributed by atoms with Gasteiger partial charge in [-0.15, -0.1) is 0 Å². The molecular formula is C13H17ClFNO. The SMILES string of the molecule is COC1(C(N)Cc2cc(F)ccc2Cl)CCC1. The fourth-order valence-electron chi connectivity index (χ4n) is 2.37. The fraction of sp³-hybridized carbons (Fsp3) is 0.538. The van der Waals surface area contributed by atoms with E-state index in [2.05, 4.69) is 0 Å². The first-order chi connectivity index (χ1) is 8.07. The smallest absolute Gasteiger partial charge is 0.123 e. The summed E-state index contributed by atoms with van der Waals surface area (Å²) in [5, 5.41) is 0.562. The van der Waals surface area contributed by atoms with E-state index in [4.69, 9.17) is 22.1 Å². The Hall–Kier alpha value is -0.640. The predicted octanol–water partition coefficient (Wildman–Crippen LogP) is 2.92. The van der Waals surface area contributed by atoms with Gasteiger partial charge in [0.2, 0.25) is 0 Å². The molecule has 2 rings (SSSR count). The molecule has 0 amide bonds. The first kappa shape index (κ1) is 12.8. The highest BCUT2D eigenvalue weighted by molar-refractivity contribution is 6.31. The monoisotopic (exact) mass is 257 g/mol. The van der Waals surface area contributed by atoms with Gasteiger partial charge >= 0.3 is 0 Å². The van der Waals surface area contributed by atoms with Crippen LogP contribution in [0.25, 0.3) is 0 Å². The lowest BCUT2D eigenvalue weighted by Crippen LogP contribution is -2.55. The van der Waals surface area contributed by atoms with Gasteiger partial charge in [-0.3, -0.25) is 0 Å². The van der Waals surface area contributed by atoms with Crippen molar-refractivity contribution in [2.75, 3.05) is 7.11 Å². The van der Waals surface area contributed by atoms with Crippen LogP contribution in [-0.4, -0.2) is 18.8 Å². The minimum Gasteiger partial charge on any atom is -0.377 e. The summed E-state index contributed by atoms with van der Waals surface area (Å²) in [7, 11) is 1.69. The molecule has 0 aliphatic heterocycles. The summed E-state index contributed by atoms with van der Waals surface area (Å²) in [5.41, 5.74) is 6.68. The van der Waals surface area contributed by atoms with Gasteiger partial charge in [0.05, 0.1) is 5.60 Å². The van der Waals surface area contributed by atoms with Crippen molar-refractivity contribution in [3.63, 3.8) is 0 Å². The molecule has 1 fully saturated rings. The van der Waals surface area contributed by atoms with Crippen molar-refractivity contribution in [1.82, 2.24) is 0 Å². The highest BCUT2D eigenvalue weighted by atomic mass is 35.5. The van der Waals surface area contributed by atoms with Gasteiger partial charge in [-0.25, -0.2) is 4.39 Å². The minimum atomic E-state index is -0.281. The summed E-state index contributed by atoms with van der Waals surface area (Å²) in [6, 6.07) is 4.23. The Balaban J connectivity index is 2.12. The van der Waals surface area contributed by atoms with E-state index < -0.39 is 0 Å². The number of ether oxygens (including phenoxy) is 1. The number of halogens is 2. The van der Waals surface area contributed by atoms with Crippen LogP contribution < -0.4 is 5.73 Å². The van der Waals surface area contributed by atoms with E-state index >= 15 is 0 Å². The van der Waals surface area contributed by atoms with Gasteiger partial charge in [0.25, 0.3) is 0 Å². The van der Waals surface area contributed by atoms with Crippen LogP contribution in [0.2, 0.25) is 5.02 Å². The number of nitrogens with two attached hydrogens (primary N) is 1. The molecular weight excluding hydrogens is 241 g/mol. The van der Waals surface area contributed by atoms with Crippen LogP contribution in [0.3, 0.4) is 0 Å². The first-order valence-corrected chi connectivity index (χ1v) is 6.20. The fourth-order valence-corrected chi connectivity index (χ4v) is 2.57. The second-order valence-electron chi connectivity index (χ2n) is 4.67. The van der Waals surface area contributed by atoms with Crippen molar-refractivity contribution < 1.29 is 9.13 Å². The van der Waals surface area contributed by atoms with Crippen LogP contribution in [0.1, 0.15) is 24.8 Å². The Morgan fingerprint density at radius 3 is 2.76 bits per heavy atom. The maximum absolute atomic E-state index is 13.1. The number of methoxy groups -OCH3 is 1. The molecule has 1 aliphatic rings. The molecule has 4 heteroatoms. The maximum Gasteiger partial charge on any atom is 0.123 e. The van der Waals surface area contributed by atoms with Gasteiger partial charge in [0.15, 0.2) is 0 Å². The Labute approximate surface area is 106 Å². The lowest BCUT2D eigenvalue weighted by Gasteiger charge is -2.45. The molecule has 0 heterocycles. The Morgan fingerprint density at radius 1 is 1.53 bits per heavy atom. The third-order valence-electron chi connectivity index (χ3n) is 3.73. The Kier molecular flexibility index (Phi) is 3.71. The van der Waals surface area contributed by atoms with Gasteiger partial charge in [0, 0.05) is 18.2 Å². The first-order valence-electron chi connectivity index (χ1n) is 5.82. The molecule has 1 saturated carbocycles. The second kappa shape index (κ2) is 4.92. The van der Waals surface area contributed by atoms with Gasteiger partial charge in [0.1, 0.15) is 5.82 Å². The summed E-state index contributed by atoms with van der Waals surface area (Å²) >= 11 is 6.03. The van der Waals surface area contributed by atoms with E-state index in [-0.39, 0.29) is 17.5 Å². The third kappa shape index (κ3) is 2.46. The molecule has 1 aromatic rings. The molecule has 2 N–H and O–H groups in total. The van der Waals surface area contributed by atoms with Crippen LogP contribution in [-0.2, 0) is 11.2 Å². The topological polar surface area (TPSA) is 35.2 Å². The number of benzene rings is 1. The summed E-state index contributed by atoms with van der Waals surface area (Å²) in [4.78, 5) is 0.